The smallest absolute Gasteiger partial charge is 0.312 e. The van der Waals surface area contributed by atoms with E-state index in [0.29, 0.717) is 0 Å². The predicted molar refractivity (Wildman–Crippen MR) is 60.1 cm³/mol. The number of hydrogen-bond donors (Lipinski definition) is 1. The molecule has 0 atom stereocenters. The van der Waals surface area contributed by atoms with Crippen LogP contribution in [0, 0.1) is 0 Å². The monoisotopic (exact) mass is 211 g/mol. The average Bonchev–Trinajstić information content (AvgIpc) is 2.17. The number of amides is 1. The van der Waals surface area contributed by atoms with Gasteiger partial charge in [0.1, 0.15) is 0 Å². The fraction of sp³-hybridized carbons (Fsp3) is 0.364. The van der Waals surface area contributed by atoms with Crippen LogP contribution in [0.1, 0.15) is 25.0 Å². The highest BCUT2D eigenvalue weighted by atomic mass is 35.5. The Labute approximate surface area is 89.3 Å². The van der Waals surface area contributed by atoms with Crippen molar-refractivity contribution in [2.24, 2.45) is 0 Å². The highest BCUT2D eigenvalue weighted by Crippen LogP contribution is 2.22. The van der Waals surface area contributed by atoms with Gasteiger partial charge in [-0.25, -0.2) is 0 Å². The number of carbonyl (C=O) groups excluding carboxylic acids is 1. The van der Waals surface area contributed by atoms with Crippen molar-refractivity contribution in [3.05, 3.63) is 29.3 Å². The maximum Gasteiger partial charge on any atom is 0.318 e. The summed E-state index contributed by atoms with van der Waals surface area (Å²) >= 11 is 5.32. The lowest BCUT2D eigenvalue weighted by Crippen LogP contribution is -2.06. The van der Waals surface area contributed by atoms with Crippen LogP contribution in [0.2, 0.25) is 0 Å². The third-order valence-electron chi connectivity index (χ3n) is 2.22. The van der Waals surface area contributed by atoms with Gasteiger partial charge in [0.2, 0.25) is 0 Å². The van der Waals surface area contributed by atoms with Gasteiger partial charge in [-0.05, 0) is 35.6 Å². The largest absolute Gasteiger partial charge is 0.318 e. The zero-order chi connectivity index (χ0) is 10.6. The van der Waals surface area contributed by atoms with Crippen LogP contribution in [0.15, 0.2) is 18.2 Å². The van der Waals surface area contributed by atoms with Gasteiger partial charge < -0.3 is 5.32 Å². The van der Waals surface area contributed by atoms with Crippen molar-refractivity contribution in [1.82, 2.24) is 0 Å². The Bertz CT molecular complexity index is 314. The first-order chi connectivity index (χ1) is 6.69. The number of nitrogens with one attached hydrogen (secondary N) is 1. The van der Waals surface area contributed by atoms with Gasteiger partial charge >= 0.3 is 5.37 Å². The quantitative estimate of drug-likeness (QED) is 0.601. The molecule has 0 fully saturated rings. The van der Waals surface area contributed by atoms with Crippen LogP contribution in [-0.4, -0.2) is 5.37 Å². The molecule has 0 aliphatic heterocycles. The molecule has 0 aliphatic carbocycles. The van der Waals surface area contributed by atoms with Crippen LogP contribution in [0.4, 0.5) is 10.5 Å². The van der Waals surface area contributed by atoms with Gasteiger partial charge in [0.05, 0.1) is 0 Å². The lowest BCUT2D eigenvalue weighted by molar-refractivity contribution is 0.269. The number of benzene rings is 1. The third kappa shape index (κ3) is 2.48. The molecule has 0 aromatic heterocycles. The van der Waals surface area contributed by atoms with Crippen molar-refractivity contribution in [3.8, 4) is 0 Å². The molecule has 1 aromatic rings. The van der Waals surface area contributed by atoms with Gasteiger partial charge in [-0.1, -0.05) is 32.0 Å². The van der Waals surface area contributed by atoms with Crippen LogP contribution in [0.3, 0.4) is 0 Å². The molecule has 0 unspecified atom stereocenters. The molecular weight excluding hydrogens is 198 g/mol. The molecule has 2 nitrogen and oxygen atoms in total. The molecule has 0 saturated heterocycles. The van der Waals surface area contributed by atoms with Gasteiger partial charge in [0.15, 0.2) is 0 Å². The molecule has 76 valence electrons. The van der Waals surface area contributed by atoms with E-state index in [1.165, 1.54) is 0 Å². The number of carbonyl (C=O) groups is 1. The number of halogens is 1. The fourth-order valence-corrected chi connectivity index (χ4v) is 1.60. The summed E-state index contributed by atoms with van der Waals surface area (Å²) in [6, 6.07) is 6.00. The van der Waals surface area contributed by atoms with E-state index in [-0.39, 0.29) is 0 Å². The highest BCUT2D eigenvalue weighted by Gasteiger charge is 2.07. The van der Waals surface area contributed by atoms with E-state index in [0.717, 1.165) is 29.7 Å². The summed E-state index contributed by atoms with van der Waals surface area (Å²) in [6.45, 7) is 4.11. The van der Waals surface area contributed by atoms with Gasteiger partial charge in [0.25, 0.3) is 0 Å². The average molecular weight is 212 g/mol. The second-order valence-corrected chi connectivity index (χ2v) is 3.40. The zero-order valence-corrected chi connectivity index (χ0v) is 9.19. The summed E-state index contributed by atoms with van der Waals surface area (Å²) in [4.78, 5) is 10.8. The molecule has 1 rings (SSSR count). The van der Waals surface area contributed by atoms with E-state index >= 15 is 0 Å². The summed E-state index contributed by atoms with van der Waals surface area (Å²) < 4.78 is 0. The van der Waals surface area contributed by atoms with Crippen molar-refractivity contribution in [1.29, 1.82) is 0 Å². The Morgan fingerprint density at radius 1 is 1.29 bits per heavy atom. The third-order valence-corrected chi connectivity index (χ3v) is 2.32. The van der Waals surface area contributed by atoms with Gasteiger partial charge in [-0.3, -0.25) is 4.79 Å². The lowest BCUT2D eigenvalue weighted by atomic mass is 10.0. The number of aryl methyl sites for hydroxylation is 2. The van der Waals surface area contributed by atoms with Crippen molar-refractivity contribution in [2.45, 2.75) is 26.7 Å². The SMILES string of the molecule is CCc1cccc(CC)c1NC(=O)Cl. The predicted octanol–water partition coefficient (Wildman–Crippen LogP) is 3.58. The summed E-state index contributed by atoms with van der Waals surface area (Å²) in [7, 11) is 0. The van der Waals surface area contributed by atoms with Crippen LogP contribution < -0.4 is 5.32 Å². The molecule has 0 aliphatic rings. The van der Waals surface area contributed by atoms with Crippen molar-refractivity contribution in [3.63, 3.8) is 0 Å². The number of para-hydroxylation sites is 1. The molecule has 0 saturated carbocycles. The Balaban J connectivity index is 3.12. The van der Waals surface area contributed by atoms with Crippen LogP contribution in [0.5, 0.6) is 0 Å². The van der Waals surface area contributed by atoms with E-state index in [4.69, 9.17) is 11.6 Å². The second kappa shape index (κ2) is 5.01. The highest BCUT2D eigenvalue weighted by molar-refractivity contribution is 6.65. The van der Waals surface area contributed by atoms with Gasteiger partial charge in [-0.2, -0.15) is 0 Å². The zero-order valence-electron chi connectivity index (χ0n) is 8.43. The maximum absolute atomic E-state index is 10.8. The van der Waals surface area contributed by atoms with Crippen molar-refractivity contribution >= 4 is 22.7 Å². The molecule has 3 heteroatoms. The molecule has 0 bridgehead atoms. The second-order valence-electron chi connectivity index (χ2n) is 3.06. The van der Waals surface area contributed by atoms with Crippen molar-refractivity contribution < 1.29 is 4.79 Å². The number of anilines is 1. The molecule has 1 aromatic carbocycles. The fourth-order valence-electron chi connectivity index (χ4n) is 1.50. The molecule has 14 heavy (non-hydrogen) atoms. The molecule has 0 spiro atoms. The van der Waals surface area contributed by atoms with E-state index < -0.39 is 5.37 Å². The summed E-state index contributed by atoms with van der Waals surface area (Å²) in [5.41, 5.74) is 3.12. The Kier molecular flexibility index (Phi) is 3.96. The summed E-state index contributed by atoms with van der Waals surface area (Å²) in [6.07, 6.45) is 1.78. The number of rotatable bonds is 3. The summed E-state index contributed by atoms with van der Waals surface area (Å²) in [5, 5.41) is 2.14. The maximum atomic E-state index is 10.8. The standard InChI is InChI=1S/C11H14ClNO/c1-3-8-6-5-7-9(4-2)10(8)13-11(12)14/h5-7H,3-4H2,1-2H3,(H,13,14). The molecule has 0 radical (unpaired) electrons. The Morgan fingerprint density at radius 2 is 1.79 bits per heavy atom. The Hall–Kier alpha value is -1.02. The topological polar surface area (TPSA) is 29.1 Å². The first-order valence-electron chi connectivity index (χ1n) is 4.76. The minimum absolute atomic E-state index is 0.527. The van der Waals surface area contributed by atoms with Crippen molar-refractivity contribution in [2.75, 3.05) is 5.32 Å². The normalized spacial score (nSPS) is 9.93. The van der Waals surface area contributed by atoms with E-state index in [9.17, 15) is 4.79 Å². The molecular formula is C11H14ClNO. The molecule has 1 N–H and O–H groups in total. The Morgan fingerprint density at radius 3 is 2.14 bits per heavy atom. The van der Waals surface area contributed by atoms with E-state index in [1.807, 2.05) is 18.2 Å². The molecule has 0 heterocycles. The van der Waals surface area contributed by atoms with Crippen LogP contribution in [-0.2, 0) is 12.8 Å². The first kappa shape index (κ1) is 11.1. The van der Waals surface area contributed by atoms with E-state index in [2.05, 4.69) is 19.2 Å². The lowest BCUT2D eigenvalue weighted by Gasteiger charge is -2.12. The van der Waals surface area contributed by atoms with Gasteiger partial charge in [0, 0.05) is 5.69 Å². The van der Waals surface area contributed by atoms with E-state index in [1.54, 1.807) is 0 Å². The molecule has 1 amide bonds. The first-order valence-corrected chi connectivity index (χ1v) is 5.14. The minimum Gasteiger partial charge on any atom is -0.312 e. The number of hydrogen-bond acceptors (Lipinski definition) is 1. The van der Waals surface area contributed by atoms with Crippen LogP contribution in [0.25, 0.3) is 0 Å². The van der Waals surface area contributed by atoms with Gasteiger partial charge in [-0.15, -0.1) is 0 Å². The summed E-state index contributed by atoms with van der Waals surface area (Å²) in [5.74, 6) is 0. The minimum atomic E-state index is -0.527. The van der Waals surface area contributed by atoms with Crippen LogP contribution >= 0.6 is 11.6 Å².